The summed E-state index contributed by atoms with van der Waals surface area (Å²) in [5.74, 6) is 1.07. The van der Waals surface area contributed by atoms with Crippen molar-refractivity contribution in [3.05, 3.63) is 48.1 Å². The van der Waals surface area contributed by atoms with Crippen LogP contribution < -0.4 is 5.32 Å². The Labute approximate surface area is 208 Å². The van der Waals surface area contributed by atoms with Crippen LogP contribution in [0.3, 0.4) is 0 Å². The Morgan fingerprint density at radius 1 is 1.17 bits per heavy atom. The van der Waals surface area contributed by atoms with Crippen molar-refractivity contribution in [2.24, 2.45) is 0 Å². The third kappa shape index (κ3) is 4.55. The number of nitriles is 1. The predicted molar refractivity (Wildman–Crippen MR) is 134 cm³/mol. The van der Waals surface area contributed by atoms with Gasteiger partial charge in [-0.2, -0.15) is 19.3 Å². The molecule has 1 atom stereocenters. The monoisotopic (exact) mass is 506 g/mol. The molecular weight excluding hydrogens is 480 g/mol. The molecule has 1 aliphatic heterocycles. The molecule has 12 heteroatoms. The molecule has 0 aliphatic carbocycles. The molecule has 0 aromatic carbocycles. The van der Waals surface area contributed by atoms with E-state index >= 15 is 0 Å². The molecular formula is C24H26N8O3S. The first-order valence-corrected chi connectivity index (χ1v) is 13.5. The van der Waals surface area contributed by atoms with E-state index in [2.05, 4.69) is 31.6 Å². The molecule has 0 amide bonds. The summed E-state index contributed by atoms with van der Waals surface area (Å²) >= 11 is 0. The highest BCUT2D eigenvalue weighted by atomic mass is 32.2. The number of nitrogens with zero attached hydrogens (tertiary/aromatic N) is 7. The number of piperidine rings is 1. The summed E-state index contributed by atoms with van der Waals surface area (Å²) in [6, 6.07) is 7.22. The van der Waals surface area contributed by atoms with Crippen LogP contribution in [-0.2, 0) is 10.0 Å². The van der Waals surface area contributed by atoms with E-state index in [0.717, 1.165) is 29.5 Å². The minimum absolute atomic E-state index is 0.120. The lowest BCUT2D eigenvalue weighted by Crippen LogP contribution is -2.37. The maximum absolute atomic E-state index is 12.3. The zero-order valence-electron chi connectivity index (χ0n) is 20.2. The van der Waals surface area contributed by atoms with E-state index in [9.17, 15) is 8.42 Å². The topological polar surface area (TPSA) is 143 Å². The third-order valence-corrected chi connectivity index (χ3v) is 7.39. The molecule has 1 saturated heterocycles. The van der Waals surface area contributed by atoms with Crippen molar-refractivity contribution < 1.29 is 12.9 Å². The Hall–Kier alpha value is -3.82. The summed E-state index contributed by atoms with van der Waals surface area (Å²) in [4.78, 5) is 8.98. The SMILES string of the molecule is CC(C)Nc1cc(-n2ncc3cc(C#N)cnc32)ncc1-c1cc([C@@H]2CCCCN2S(C)(=O)=O)on1. The normalized spacial score (nSPS) is 16.9. The maximum atomic E-state index is 12.3. The zero-order valence-corrected chi connectivity index (χ0v) is 21.0. The molecule has 0 bridgehead atoms. The Morgan fingerprint density at radius 2 is 2.00 bits per heavy atom. The quantitative estimate of drug-likeness (QED) is 0.414. The van der Waals surface area contributed by atoms with E-state index in [0.29, 0.717) is 41.4 Å². The number of hydrogen-bond acceptors (Lipinski definition) is 9. The van der Waals surface area contributed by atoms with Gasteiger partial charge in [-0.1, -0.05) is 11.6 Å². The fourth-order valence-electron chi connectivity index (χ4n) is 4.50. The molecule has 4 aromatic heterocycles. The molecule has 5 heterocycles. The first kappa shape index (κ1) is 23.9. The second kappa shape index (κ2) is 9.33. The number of sulfonamides is 1. The smallest absolute Gasteiger partial charge is 0.211 e. The molecule has 0 spiro atoms. The van der Waals surface area contributed by atoms with E-state index < -0.39 is 10.0 Å². The Kier molecular flexibility index (Phi) is 6.19. The van der Waals surface area contributed by atoms with Crippen LogP contribution in [0, 0.1) is 11.3 Å². The van der Waals surface area contributed by atoms with Crippen LogP contribution in [0.15, 0.2) is 41.3 Å². The fourth-order valence-corrected chi connectivity index (χ4v) is 5.64. The summed E-state index contributed by atoms with van der Waals surface area (Å²) in [6.45, 7) is 4.52. The van der Waals surface area contributed by atoms with Crippen molar-refractivity contribution in [1.82, 2.24) is 29.2 Å². The molecule has 0 saturated carbocycles. The summed E-state index contributed by atoms with van der Waals surface area (Å²) in [5.41, 5.74) is 3.11. The van der Waals surface area contributed by atoms with Crippen LogP contribution in [0.25, 0.3) is 28.1 Å². The average molecular weight is 507 g/mol. The number of aromatic nitrogens is 5. The van der Waals surface area contributed by atoms with E-state index in [1.54, 1.807) is 29.2 Å². The van der Waals surface area contributed by atoms with Crippen LogP contribution in [0.5, 0.6) is 0 Å². The number of hydrogen-bond donors (Lipinski definition) is 1. The molecule has 36 heavy (non-hydrogen) atoms. The minimum atomic E-state index is -3.37. The van der Waals surface area contributed by atoms with Gasteiger partial charge in [0.1, 0.15) is 11.8 Å². The third-order valence-electron chi connectivity index (χ3n) is 6.10. The van der Waals surface area contributed by atoms with Gasteiger partial charge >= 0.3 is 0 Å². The van der Waals surface area contributed by atoms with Gasteiger partial charge in [0.05, 0.1) is 24.1 Å². The largest absolute Gasteiger partial charge is 0.382 e. The number of pyridine rings is 2. The molecule has 0 unspecified atom stereocenters. The number of nitrogens with one attached hydrogen (secondary N) is 1. The van der Waals surface area contributed by atoms with Gasteiger partial charge in [0.2, 0.25) is 10.0 Å². The summed E-state index contributed by atoms with van der Waals surface area (Å²) < 4.78 is 33.4. The van der Waals surface area contributed by atoms with E-state index in [1.165, 1.54) is 16.8 Å². The lowest BCUT2D eigenvalue weighted by molar-refractivity contribution is 0.212. The van der Waals surface area contributed by atoms with Crippen molar-refractivity contribution in [2.45, 2.75) is 45.2 Å². The molecule has 1 aliphatic rings. The maximum Gasteiger partial charge on any atom is 0.211 e. The highest BCUT2D eigenvalue weighted by Gasteiger charge is 2.33. The molecule has 5 rings (SSSR count). The number of rotatable bonds is 6. The van der Waals surface area contributed by atoms with Gasteiger partial charge in [0.15, 0.2) is 17.2 Å². The van der Waals surface area contributed by atoms with Crippen molar-refractivity contribution in [3.63, 3.8) is 0 Å². The molecule has 0 radical (unpaired) electrons. The highest BCUT2D eigenvalue weighted by Crippen LogP contribution is 2.36. The van der Waals surface area contributed by atoms with Gasteiger partial charge in [0, 0.05) is 53.8 Å². The summed E-state index contributed by atoms with van der Waals surface area (Å²) in [7, 11) is -3.37. The predicted octanol–water partition coefficient (Wildman–Crippen LogP) is 3.65. The minimum Gasteiger partial charge on any atom is -0.382 e. The van der Waals surface area contributed by atoms with Crippen LogP contribution in [0.1, 0.15) is 50.5 Å². The molecule has 1 N–H and O–H groups in total. The van der Waals surface area contributed by atoms with Gasteiger partial charge in [-0.25, -0.2) is 18.4 Å². The van der Waals surface area contributed by atoms with Gasteiger partial charge in [-0.05, 0) is 32.8 Å². The first-order valence-electron chi connectivity index (χ1n) is 11.7. The van der Waals surface area contributed by atoms with Crippen molar-refractivity contribution in [3.8, 4) is 23.1 Å². The van der Waals surface area contributed by atoms with Gasteiger partial charge < -0.3 is 9.84 Å². The van der Waals surface area contributed by atoms with Crippen LogP contribution in [0.2, 0.25) is 0 Å². The molecule has 186 valence electrons. The van der Waals surface area contributed by atoms with E-state index in [4.69, 9.17) is 9.78 Å². The molecule has 1 fully saturated rings. The lowest BCUT2D eigenvalue weighted by atomic mass is 10.0. The van der Waals surface area contributed by atoms with Crippen molar-refractivity contribution >= 4 is 26.7 Å². The van der Waals surface area contributed by atoms with Gasteiger partial charge in [-0.3, -0.25) is 0 Å². The van der Waals surface area contributed by atoms with E-state index in [-0.39, 0.29) is 12.1 Å². The fraction of sp³-hybridized carbons (Fsp3) is 0.375. The van der Waals surface area contributed by atoms with Crippen LogP contribution in [0.4, 0.5) is 5.69 Å². The number of anilines is 1. The van der Waals surface area contributed by atoms with Gasteiger partial charge in [-0.15, -0.1) is 0 Å². The average Bonchev–Trinajstić information content (AvgIpc) is 3.50. The summed E-state index contributed by atoms with van der Waals surface area (Å²) in [5, 5.41) is 22.0. The van der Waals surface area contributed by atoms with Gasteiger partial charge in [0.25, 0.3) is 0 Å². The lowest BCUT2D eigenvalue weighted by Gasteiger charge is -2.31. The standard InChI is InChI=1S/C24H26N8O3S/c1-15(2)29-19-10-23(32-24-17(13-28-32)8-16(11-25)12-27-24)26-14-18(19)20-9-22(35-30-20)21-6-4-5-7-31(21)36(3,33)34/h8-10,12-15,21H,4-7H2,1-3H3,(H,26,29)/t21-/m0/s1. The molecule has 4 aromatic rings. The van der Waals surface area contributed by atoms with Crippen LogP contribution >= 0.6 is 0 Å². The van der Waals surface area contributed by atoms with E-state index in [1.807, 2.05) is 19.9 Å². The van der Waals surface area contributed by atoms with Crippen molar-refractivity contribution in [2.75, 3.05) is 18.1 Å². The molecule has 11 nitrogen and oxygen atoms in total. The Morgan fingerprint density at radius 3 is 2.75 bits per heavy atom. The first-order chi connectivity index (χ1) is 17.2. The Balaban J connectivity index is 1.53. The highest BCUT2D eigenvalue weighted by molar-refractivity contribution is 7.88. The zero-order chi connectivity index (χ0) is 25.4. The second-order valence-electron chi connectivity index (χ2n) is 9.19. The second-order valence-corrected chi connectivity index (χ2v) is 11.1. The number of fused-ring (bicyclic) bond motifs is 1. The Bertz CT molecular complexity index is 1570. The van der Waals surface area contributed by atoms with Crippen molar-refractivity contribution in [1.29, 1.82) is 5.26 Å². The summed E-state index contributed by atoms with van der Waals surface area (Å²) in [6.07, 6.45) is 8.50. The van der Waals surface area contributed by atoms with Crippen LogP contribution in [-0.4, -0.2) is 56.5 Å².